The van der Waals surface area contributed by atoms with Crippen LogP contribution >= 0.6 is 12.6 Å². The molecule has 0 spiro atoms. The van der Waals surface area contributed by atoms with Crippen LogP contribution in [0.25, 0.3) is 16.7 Å². The second kappa shape index (κ2) is 5.13. The fraction of sp³-hybridized carbons (Fsp3) is 0.222. The first-order chi connectivity index (χ1) is 11.1. The van der Waals surface area contributed by atoms with Crippen molar-refractivity contribution >= 4 is 23.7 Å². The summed E-state index contributed by atoms with van der Waals surface area (Å²) in [6.45, 7) is 3.98. The minimum Gasteiger partial charge on any atom is -0.475 e. The van der Waals surface area contributed by atoms with E-state index >= 15 is 0 Å². The van der Waals surface area contributed by atoms with Gasteiger partial charge in [0.15, 0.2) is 11.1 Å². The van der Waals surface area contributed by atoms with Crippen LogP contribution in [-0.4, -0.2) is 15.7 Å². The third-order valence-corrected chi connectivity index (χ3v) is 4.82. The molecule has 0 aliphatic carbocycles. The van der Waals surface area contributed by atoms with Crippen molar-refractivity contribution in [2.75, 3.05) is 0 Å². The van der Waals surface area contributed by atoms with Crippen LogP contribution in [0.4, 0.5) is 0 Å². The Labute approximate surface area is 139 Å². The van der Waals surface area contributed by atoms with Gasteiger partial charge in [0, 0.05) is 17.5 Å². The van der Waals surface area contributed by atoms with Crippen molar-refractivity contribution in [3.63, 3.8) is 0 Å². The average molecular weight is 324 g/mol. The van der Waals surface area contributed by atoms with E-state index < -0.39 is 0 Å². The van der Waals surface area contributed by atoms with Gasteiger partial charge in [-0.2, -0.15) is 0 Å². The number of ether oxygens (including phenoxy) is 1. The maximum absolute atomic E-state index is 12.7. The zero-order valence-electron chi connectivity index (χ0n) is 12.9. The van der Waals surface area contributed by atoms with Crippen LogP contribution in [0, 0.1) is 6.92 Å². The van der Waals surface area contributed by atoms with E-state index in [-0.39, 0.29) is 11.5 Å². The molecule has 4 nitrogen and oxygen atoms in total. The summed E-state index contributed by atoms with van der Waals surface area (Å²) < 4.78 is 7.89. The molecule has 1 aliphatic rings. The molecule has 116 valence electrons. The van der Waals surface area contributed by atoms with E-state index in [0.29, 0.717) is 28.9 Å². The van der Waals surface area contributed by atoms with E-state index in [9.17, 15) is 4.79 Å². The van der Waals surface area contributed by atoms with E-state index in [1.54, 1.807) is 12.3 Å². The Morgan fingerprint density at radius 1 is 1.30 bits per heavy atom. The summed E-state index contributed by atoms with van der Waals surface area (Å²) in [5.74, 6) is 0.592. The summed E-state index contributed by atoms with van der Waals surface area (Å²) in [5.41, 5.74) is 3.27. The van der Waals surface area contributed by atoms with E-state index in [2.05, 4.69) is 17.6 Å². The van der Waals surface area contributed by atoms with Crippen LogP contribution < -0.4 is 10.2 Å². The molecule has 0 fully saturated rings. The highest BCUT2D eigenvalue weighted by Crippen LogP contribution is 2.35. The van der Waals surface area contributed by atoms with Gasteiger partial charge in [0.05, 0.1) is 16.6 Å². The van der Waals surface area contributed by atoms with Crippen molar-refractivity contribution in [3.8, 4) is 11.6 Å². The lowest BCUT2D eigenvalue weighted by molar-refractivity contribution is 0.242. The van der Waals surface area contributed by atoms with Gasteiger partial charge < -0.3 is 4.74 Å². The van der Waals surface area contributed by atoms with Crippen molar-refractivity contribution in [1.29, 1.82) is 0 Å². The lowest BCUT2D eigenvalue weighted by Gasteiger charge is -2.18. The Bertz CT molecular complexity index is 994. The Kier molecular flexibility index (Phi) is 3.20. The molecule has 3 heterocycles. The summed E-state index contributed by atoms with van der Waals surface area (Å²) >= 11 is 4.66. The number of fused-ring (bicyclic) bond motifs is 2. The predicted molar refractivity (Wildman–Crippen MR) is 93.1 cm³/mol. The van der Waals surface area contributed by atoms with E-state index in [1.165, 1.54) is 0 Å². The third-order valence-electron chi connectivity index (χ3n) is 4.24. The molecule has 23 heavy (non-hydrogen) atoms. The Morgan fingerprint density at radius 2 is 2.13 bits per heavy atom. The van der Waals surface area contributed by atoms with Gasteiger partial charge in [-0.1, -0.05) is 12.1 Å². The number of rotatable bonds is 1. The van der Waals surface area contributed by atoms with E-state index in [1.807, 2.05) is 42.7 Å². The molecule has 1 unspecified atom stereocenters. The molecule has 0 radical (unpaired) electrons. The molecular weight excluding hydrogens is 308 g/mol. The number of aromatic nitrogens is 2. The van der Waals surface area contributed by atoms with Gasteiger partial charge in [-0.25, -0.2) is 4.98 Å². The second-order valence-electron chi connectivity index (χ2n) is 5.90. The number of pyridine rings is 2. The van der Waals surface area contributed by atoms with Crippen molar-refractivity contribution in [2.24, 2.45) is 0 Å². The monoisotopic (exact) mass is 324 g/mol. The SMILES string of the molecule is Cc1cccc(-n2c3c(c(=O)c4cccnc42)CC(C)O3)c1S. The number of thiol groups is 1. The topological polar surface area (TPSA) is 44.1 Å². The summed E-state index contributed by atoms with van der Waals surface area (Å²) in [4.78, 5) is 18.0. The minimum absolute atomic E-state index is 0.0112. The molecular formula is C18H16N2O2S. The molecule has 5 heteroatoms. The Balaban J connectivity index is 2.19. The Morgan fingerprint density at radius 3 is 2.96 bits per heavy atom. The molecule has 0 bridgehead atoms. The molecule has 0 amide bonds. The maximum Gasteiger partial charge on any atom is 0.207 e. The van der Waals surface area contributed by atoms with Crippen LogP contribution in [0.15, 0.2) is 46.2 Å². The summed E-state index contributed by atoms with van der Waals surface area (Å²) in [6.07, 6.45) is 2.29. The van der Waals surface area contributed by atoms with Gasteiger partial charge in [-0.3, -0.25) is 9.36 Å². The first-order valence-electron chi connectivity index (χ1n) is 7.56. The fourth-order valence-corrected chi connectivity index (χ4v) is 3.36. The number of benzene rings is 1. The van der Waals surface area contributed by atoms with Crippen molar-refractivity contribution in [3.05, 3.63) is 57.9 Å². The van der Waals surface area contributed by atoms with Crippen molar-refractivity contribution in [1.82, 2.24) is 9.55 Å². The van der Waals surface area contributed by atoms with Crippen molar-refractivity contribution < 1.29 is 4.74 Å². The molecule has 0 saturated carbocycles. The van der Waals surface area contributed by atoms with Gasteiger partial charge in [-0.05, 0) is 37.6 Å². The molecule has 1 aromatic carbocycles. The highest BCUT2D eigenvalue weighted by atomic mass is 32.1. The molecule has 2 aromatic heterocycles. The molecule has 3 aromatic rings. The van der Waals surface area contributed by atoms with Gasteiger partial charge >= 0.3 is 0 Å². The van der Waals surface area contributed by atoms with Crippen LogP contribution in [0.3, 0.4) is 0 Å². The van der Waals surface area contributed by atoms with Gasteiger partial charge in [0.2, 0.25) is 5.88 Å². The molecule has 0 saturated heterocycles. The molecule has 4 rings (SSSR count). The number of nitrogens with zero attached hydrogens (tertiary/aromatic N) is 2. The predicted octanol–water partition coefficient (Wildman–Crippen LogP) is 3.31. The lowest BCUT2D eigenvalue weighted by Crippen LogP contribution is -2.14. The van der Waals surface area contributed by atoms with E-state index in [0.717, 1.165) is 16.1 Å². The van der Waals surface area contributed by atoms with Crippen LogP contribution in [-0.2, 0) is 6.42 Å². The molecule has 0 N–H and O–H groups in total. The zero-order chi connectivity index (χ0) is 16.1. The maximum atomic E-state index is 12.7. The highest BCUT2D eigenvalue weighted by Gasteiger charge is 2.29. The standard InChI is InChI=1S/C18H16N2O2S/c1-10-5-3-7-14(16(10)23)20-17-12(6-4-8-19-17)15(21)13-9-11(2)22-18(13)20/h3-8,11,23H,9H2,1-2H3. The highest BCUT2D eigenvalue weighted by molar-refractivity contribution is 7.80. The second-order valence-corrected chi connectivity index (χ2v) is 6.35. The number of hydrogen-bond acceptors (Lipinski definition) is 4. The molecule has 1 atom stereocenters. The normalized spacial score (nSPS) is 16.4. The van der Waals surface area contributed by atoms with Crippen LogP contribution in [0.1, 0.15) is 18.1 Å². The summed E-state index contributed by atoms with van der Waals surface area (Å²) in [5, 5.41) is 0.609. The first-order valence-corrected chi connectivity index (χ1v) is 8.01. The third kappa shape index (κ3) is 2.07. The van der Waals surface area contributed by atoms with Gasteiger partial charge in [0.1, 0.15) is 6.10 Å². The largest absolute Gasteiger partial charge is 0.475 e. The minimum atomic E-state index is -0.0195. The van der Waals surface area contributed by atoms with Gasteiger partial charge in [-0.15, -0.1) is 12.6 Å². The number of hydrogen-bond donors (Lipinski definition) is 1. The lowest BCUT2D eigenvalue weighted by atomic mass is 10.1. The fourth-order valence-electron chi connectivity index (χ4n) is 3.11. The number of aryl methyl sites for hydroxylation is 1. The van der Waals surface area contributed by atoms with E-state index in [4.69, 9.17) is 4.74 Å². The smallest absolute Gasteiger partial charge is 0.207 e. The van der Waals surface area contributed by atoms with Crippen molar-refractivity contribution in [2.45, 2.75) is 31.3 Å². The quantitative estimate of drug-likeness (QED) is 0.699. The molecule has 1 aliphatic heterocycles. The Hall–Kier alpha value is -2.27. The van der Waals surface area contributed by atoms with Crippen LogP contribution in [0.2, 0.25) is 0 Å². The average Bonchev–Trinajstić information content (AvgIpc) is 2.93. The summed E-state index contributed by atoms with van der Waals surface area (Å²) in [7, 11) is 0. The van der Waals surface area contributed by atoms with Gasteiger partial charge in [0.25, 0.3) is 0 Å². The zero-order valence-corrected chi connectivity index (χ0v) is 13.8. The van der Waals surface area contributed by atoms with Crippen LogP contribution in [0.5, 0.6) is 5.88 Å². The summed E-state index contributed by atoms with van der Waals surface area (Å²) in [6, 6.07) is 9.56. The first kappa shape index (κ1) is 14.3.